The van der Waals surface area contributed by atoms with Crippen molar-refractivity contribution in [3.8, 4) is 0 Å². The van der Waals surface area contributed by atoms with Crippen molar-refractivity contribution in [2.75, 3.05) is 23.7 Å². The number of anilines is 1. The highest BCUT2D eigenvalue weighted by Crippen LogP contribution is 2.22. The lowest BCUT2D eigenvalue weighted by Crippen LogP contribution is -2.51. The van der Waals surface area contributed by atoms with Gasteiger partial charge in [-0.2, -0.15) is 0 Å². The molecule has 0 aliphatic carbocycles. The molecule has 10 heteroatoms. The van der Waals surface area contributed by atoms with Gasteiger partial charge in [-0.3, -0.25) is 13.9 Å². The summed E-state index contributed by atoms with van der Waals surface area (Å²) in [6, 6.07) is 12.3. The predicted octanol–water partition coefficient (Wildman–Crippen LogP) is 3.95. The lowest BCUT2D eigenvalue weighted by molar-refractivity contribution is -0.139. The number of carbonyl (C=O) groups excluding carboxylic acids is 2. The molecule has 1 N–H and O–H groups in total. The van der Waals surface area contributed by atoms with Crippen molar-refractivity contribution in [2.45, 2.75) is 33.4 Å². The summed E-state index contributed by atoms with van der Waals surface area (Å²) in [5.74, 6) is -0.636. The van der Waals surface area contributed by atoms with Crippen LogP contribution in [0.15, 0.2) is 48.5 Å². The molecule has 0 aliphatic rings. The summed E-state index contributed by atoms with van der Waals surface area (Å²) in [7, 11) is -3.79. The van der Waals surface area contributed by atoms with E-state index in [2.05, 4.69) is 5.32 Å². The topological polar surface area (TPSA) is 86.8 Å². The molecular formula is C23H29Cl2N3O4S. The first-order valence-corrected chi connectivity index (χ1v) is 13.0. The quantitative estimate of drug-likeness (QED) is 0.520. The first-order valence-electron chi connectivity index (χ1n) is 10.4. The van der Waals surface area contributed by atoms with Gasteiger partial charge in [0.1, 0.15) is 12.6 Å². The summed E-state index contributed by atoms with van der Waals surface area (Å²) in [5, 5.41) is 3.71. The van der Waals surface area contributed by atoms with Crippen LogP contribution in [0.25, 0.3) is 0 Å². The normalized spacial score (nSPS) is 12.3. The molecule has 2 aromatic rings. The highest BCUT2D eigenvalue weighted by atomic mass is 35.5. The molecule has 33 heavy (non-hydrogen) atoms. The van der Waals surface area contributed by atoms with Gasteiger partial charge in [0, 0.05) is 23.1 Å². The Bertz CT molecular complexity index is 1080. The Morgan fingerprint density at radius 1 is 1.00 bits per heavy atom. The van der Waals surface area contributed by atoms with Crippen LogP contribution in [0.2, 0.25) is 10.0 Å². The van der Waals surface area contributed by atoms with Gasteiger partial charge in [0.2, 0.25) is 21.8 Å². The Morgan fingerprint density at radius 2 is 1.61 bits per heavy atom. The molecule has 0 radical (unpaired) electrons. The number of rotatable bonds is 10. The van der Waals surface area contributed by atoms with E-state index >= 15 is 0 Å². The molecule has 180 valence electrons. The fourth-order valence-electron chi connectivity index (χ4n) is 3.07. The Morgan fingerprint density at radius 3 is 2.15 bits per heavy atom. The van der Waals surface area contributed by atoms with Gasteiger partial charge in [0.15, 0.2) is 0 Å². The van der Waals surface area contributed by atoms with Crippen LogP contribution < -0.4 is 9.62 Å². The van der Waals surface area contributed by atoms with Crippen LogP contribution in [0.4, 0.5) is 5.69 Å². The molecular weight excluding hydrogens is 485 g/mol. The lowest BCUT2D eigenvalue weighted by Gasteiger charge is -2.31. The van der Waals surface area contributed by atoms with Crippen LogP contribution in [0.3, 0.4) is 0 Å². The van der Waals surface area contributed by atoms with E-state index in [0.29, 0.717) is 27.8 Å². The molecule has 0 unspecified atom stereocenters. The highest BCUT2D eigenvalue weighted by molar-refractivity contribution is 7.92. The number of carbonyl (C=O) groups is 2. The second kappa shape index (κ2) is 11.7. The maximum absolute atomic E-state index is 13.4. The average molecular weight is 514 g/mol. The largest absolute Gasteiger partial charge is 0.354 e. The summed E-state index contributed by atoms with van der Waals surface area (Å²) in [6.07, 6.45) is 1.02. The Hall–Kier alpha value is -2.29. The molecule has 2 amide bonds. The third kappa shape index (κ3) is 7.91. The monoisotopic (exact) mass is 513 g/mol. The zero-order valence-electron chi connectivity index (χ0n) is 19.1. The van der Waals surface area contributed by atoms with Crippen LogP contribution >= 0.6 is 23.2 Å². The molecule has 2 rings (SSSR count). The van der Waals surface area contributed by atoms with Gasteiger partial charge in [-0.15, -0.1) is 0 Å². The molecule has 0 spiro atoms. The minimum Gasteiger partial charge on any atom is -0.354 e. The van der Waals surface area contributed by atoms with Gasteiger partial charge in [-0.05, 0) is 48.7 Å². The van der Waals surface area contributed by atoms with E-state index in [4.69, 9.17) is 23.2 Å². The number of amides is 2. The van der Waals surface area contributed by atoms with Crippen LogP contribution in [-0.4, -0.2) is 50.5 Å². The van der Waals surface area contributed by atoms with Crippen LogP contribution in [0, 0.1) is 5.92 Å². The van der Waals surface area contributed by atoms with E-state index in [1.165, 1.54) is 17.0 Å². The first-order chi connectivity index (χ1) is 15.4. The van der Waals surface area contributed by atoms with Gasteiger partial charge in [-0.25, -0.2) is 8.42 Å². The zero-order valence-corrected chi connectivity index (χ0v) is 21.4. The van der Waals surface area contributed by atoms with Gasteiger partial charge in [0.05, 0.1) is 11.9 Å². The number of hydrogen-bond acceptors (Lipinski definition) is 4. The zero-order chi connectivity index (χ0) is 24.8. The summed E-state index contributed by atoms with van der Waals surface area (Å²) in [5.41, 5.74) is 0.943. The number of hydrogen-bond donors (Lipinski definition) is 1. The number of nitrogens with one attached hydrogen (secondary N) is 1. The minimum atomic E-state index is -3.79. The number of benzene rings is 2. The Balaban J connectivity index is 2.36. The SMILES string of the molecule is CC(C)CNC(=O)[C@@H](C)N(Cc1ccccc1Cl)C(=O)CN(c1ccc(Cl)cc1)S(C)(=O)=O. The minimum absolute atomic E-state index is 0.0486. The van der Waals surface area contributed by atoms with Gasteiger partial charge in [0.25, 0.3) is 0 Å². The lowest BCUT2D eigenvalue weighted by atomic mass is 10.1. The second-order valence-corrected chi connectivity index (χ2v) is 10.9. The van der Waals surface area contributed by atoms with Crippen molar-refractivity contribution in [3.05, 3.63) is 64.1 Å². The van der Waals surface area contributed by atoms with Crippen LogP contribution in [0.1, 0.15) is 26.3 Å². The number of nitrogens with zero attached hydrogens (tertiary/aromatic N) is 2. The van der Waals surface area contributed by atoms with E-state index in [0.717, 1.165) is 10.6 Å². The third-order valence-electron chi connectivity index (χ3n) is 4.94. The standard InChI is InChI=1S/C23H29Cl2N3O4S/c1-16(2)13-26-23(30)17(3)27(14-18-7-5-6-8-21(18)25)22(29)15-28(33(4,31)32)20-11-9-19(24)10-12-20/h5-12,16-17H,13-15H2,1-4H3,(H,26,30)/t17-/m1/s1. The van der Waals surface area contributed by atoms with Crippen molar-refractivity contribution in [2.24, 2.45) is 5.92 Å². The van der Waals surface area contributed by atoms with Crippen molar-refractivity contribution in [1.82, 2.24) is 10.2 Å². The molecule has 0 heterocycles. The fraction of sp³-hybridized carbons (Fsp3) is 0.391. The van der Waals surface area contributed by atoms with Crippen molar-refractivity contribution < 1.29 is 18.0 Å². The van der Waals surface area contributed by atoms with E-state index in [1.54, 1.807) is 43.3 Å². The smallest absolute Gasteiger partial charge is 0.244 e. The van der Waals surface area contributed by atoms with Gasteiger partial charge in [-0.1, -0.05) is 55.2 Å². The third-order valence-corrected chi connectivity index (χ3v) is 6.71. The number of halogens is 2. The maximum Gasteiger partial charge on any atom is 0.244 e. The Kier molecular flexibility index (Phi) is 9.57. The average Bonchev–Trinajstić information content (AvgIpc) is 2.74. The second-order valence-electron chi connectivity index (χ2n) is 8.17. The van der Waals surface area contributed by atoms with E-state index in [1.807, 2.05) is 13.8 Å². The van der Waals surface area contributed by atoms with Crippen molar-refractivity contribution in [3.63, 3.8) is 0 Å². The molecule has 0 saturated carbocycles. The summed E-state index contributed by atoms with van der Waals surface area (Å²) < 4.78 is 26.0. The van der Waals surface area contributed by atoms with Crippen LogP contribution in [-0.2, 0) is 26.2 Å². The highest BCUT2D eigenvalue weighted by Gasteiger charge is 2.30. The molecule has 0 fully saturated rings. The van der Waals surface area contributed by atoms with E-state index in [9.17, 15) is 18.0 Å². The summed E-state index contributed by atoms with van der Waals surface area (Å²) in [4.78, 5) is 27.5. The van der Waals surface area contributed by atoms with Crippen LogP contribution in [0.5, 0.6) is 0 Å². The van der Waals surface area contributed by atoms with E-state index < -0.39 is 28.5 Å². The van der Waals surface area contributed by atoms with Crippen molar-refractivity contribution in [1.29, 1.82) is 0 Å². The molecule has 0 bridgehead atoms. The summed E-state index contributed by atoms with van der Waals surface area (Å²) in [6.45, 7) is 5.57. The number of sulfonamides is 1. The van der Waals surface area contributed by atoms with E-state index in [-0.39, 0.29) is 18.4 Å². The Labute approximate surface area is 205 Å². The van der Waals surface area contributed by atoms with Gasteiger partial charge < -0.3 is 10.2 Å². The first kappa shape index (κ1) is 27.0. The summed E-state index contributed by atoms with van der Waals surface area (Å²) >= 11 is 12.2. The molecule has 0 saturated heterocycles. The van der Waals surface area contributed by atoms with Crippen molar-refractivity contribution >= 4 is 50.7 Å². The fourth-order valence-corrected chi connectivity index (χ4v) is 4.24. The molecule has 0 aromatic heterocycles. The molecule has 2 aromatic carbocycles. The van der Waals surface area contributed by atoms with Gasteiger partial charge >= 0.3 is 0 Å². The molecule has 1 atom stereocenters. The molecule has 0 aliphatic heterocycles. The maximum atomic E-state index is 13.4. The predicted molar refractivity (Wildman–Crippen MR) is 133 cm³/mol. The molecule has 7 nitrogen and oxygen atoms in total.